The van der Waals surface area contributed by atoms with E-state index in [9.17, 15) is 9.90 Å². The largest absolute Gasteiger partial charge is 0.508 e. The van der Waals surface area contributed by atoms with Gasteiger partial charge < -0.3 is 15.3 Å². The molecule has 18 heavy (non-hydrogen) atoms. The molecule has 1 amide bonds. The minimum absolute atomic E-state index is 0.0398. The van der Waals surface area contributed by atoms with E-state index >= 15 is 0 Å². The van der Waals surface area contributed by atoms with Crippen LogP contribution in [-0.4, -0.2) is 42.1 Å². The van der Waals surface area contributed by atoms with Crippen LogP contribution in [-0.2, 0) is 0 Å². The summed E-state index contributed by atoms with van der Waals surface area (Å²) in [5.41, 5.74) is 1.45. The van der Waals surface area contributed by atoms with Gasteiger partial charge in [0.1, 0.15) is 5.75 Å². The van der Waals surface area contributed by atoms with Crippen molar-refractivity contribution >= 4 is 5.91 Å². The van der Waals surface area contributed by atoms with Gasteiger partial charge in [0.05, 0.1) is 0 Å². The first-order valence-electron chi connectivity index (χ1n) is 6.35. The van der Waals surface area contributed by atoms with Gasteiger partial charge in [-0.2, -0.15) is 0 Å². The van der Waals surface area contributed by atoms with Crippen LogP contribution >= 0.6 is 0 Å². The average Bonchev–Trinajstić information content (AvgIpc) is 2.32. The third kappa shape index (κ3) is 3.01. The van der Waals surface area contributed by atoms with Crippen molar-refractivity contribution < 1.29 is 9.90 Å². The van der Waals surface area contributed by atoms with Gasteiger partial charge in [-0.3, -0.25) is 4.79 Å². The van der Waals surface area contributed by atoms with Crippen LogP contribution in [0.1, 0.15) is 28.8 Å². The Morgan fingerprint density at radius 2 is 2.06 bits per heavy atom. The van der Waals surface area contributed by atoms with Gasteiger partial charge in [-0.25, -0.2) is 0 Å². The number of nitrogens with zero attached hydrogens (tertiary/aromatic N) is 1. The molecule has 4 heteroatoms. The SMILES string of the molecule is Cc1cc(O)ccc1C(=O)NC1CCN(C)CC1. The summed E-state index contributed by atoms with van der Waals surface area (Å²) in [6.45, 7) is 3.89. The first kappa shape index (κ1) is 12.9. The van der Waals surface area contributed by atoms with Crippen molar-refractivity contribution in [2.45, 2.75) is 25.8 Å². The molecule has 0 spiro atoms. The summed E-state index contributed by atoms with van der Waals surface area (Å²) >= 11 is 0. The first-order valence-corrected chi connectivity index (χ1v) is 6.35. The molecule has 0 aromatic heterocycles. The van der Waals surface area contributed by atoms with Gasteiger partial charge in [0.15, 0.2) is 0 Å². The number of likely N-dealkylation sites (tertiary alicyclic amines) is 1. The maximum absolute atomic E-state index is 12.1. The van der Waals surface area contributed by atoms with Crippen molar-refractivity contribution in [1.82, 2.24) is 10.2 Å². The number of carbonyl (C=O) groups excluding carboxylic acids is 1. The van der Waals surface area contributed by atoms with E-state index in [0.29, 0.717) is 5.56 Å². The predicted octanol–water partition coefficient (Wildman–Crippen LogP) is 1.52. The predicted molar refractivity (Wildman–Crippen MR) is 70.8 cm³/mol. The van der Waals surface area contributed by atoms with Gasteiger partial charge in [0.2, 0.25) is 0 Å². The van der Waals surface area contributed by atoms with Gasteiger partial charge in [-0.05, 0) is 63.7 Å². The molecule has 0 radical (unpaired) electrons. The highest BCUT2D eigenvalue weighted by molar-refractivity contribution is 5.95. The second kappa shape index (κ2) is 5.40. The fraction of sp³-hybridized carbons (Fsp3) is 0.500. The van der Waals surface area contributed by atoms with Crippen LogP contribution in [0.15, 0.2) is 18.2 Å². The van der Waals surface area contributed by atoms with Crippen molar-refractivity contribution in [3.63, 3.8) is 0 Å². The number of amides is 1. The summed E-state index contributed by atoms with van der Waals surface area (Å²) < 4.78 is 0. The highest BCUT2D eigenvalue weighted by Crippen LogP contribution is 2.16. The molecule has 2 rings (SSSR count). The fourth-order valence-corrected chi connectivity index (χ4v) is 2.32. The number of benzene rings is 1. The molecule has 0 unspecified atom stereocenters. The highest BCUT2D eigenvalue weighted by atomic mass is 16.3. The van der Waals surface area contributed by atoms with Crippen molar-refractivity contribution in [1.29, 1.82) is 0 Å². The Hall–Kier alpha value is -1.55. The third-order valence-corrected chi connectivity index (χ3v) is 3.51. The standard InChI is InChI=1S/C14H20N2O2/c1-10-9-12(17)3-4-13(10)14(18)15-11-5-7-16(2)8-6-11/h3-4,9,11,17H,5-8H2,1-2H3,(H,15,18). The number of hydrogen-bond acceptors (Lipinski definition) is 3. The van der Waals surface area contributed by atoms with Crippen LogP contribution in [0.2, 0.25) is 0 Å². The zero-order valence-corrected chi connectivity index (χ0v) is 10.9. The summed E-state index contributed by atoms with van der Waals surface area (Å²) in [5.74, 6) is 0.158. The van der Waals surface area contributed by atoms with E-state index in [2.05, 4.69) is 17.3 Å². The number of nitrogens with one attached hydrogen (secondary N) is 1. The van der Waals surface area contributed by atoms with Gasteiger partial charge in [-0.15, -0.1) is 0 Å². The Morgan fingerprint density at radius 3 is 2.67 bits per heavy atom. The molecule has 1 aliphatic rings. The lowest BCUT2D eigenvalue weighted by atomic mass is 10.0. The quantitative estimate of drug-likeness (QED) is 0.834. The average molecular weight is 248 g/mol. The Balaban J connectivity index is 1.99. The Kier molecular flexibility index (Phi) is 3.87. The second-order valence-corrected chi connectivity index (χ2v) is 5.05. The summed E-state index contributed by atoms with van der Waals surface area (Å²) in [6.07, 6.45) is 2.00. The number of aromatic hydroxyl groups is 1. The Bertz CT molecular complexity index is 437. The summed E-state index contributed by atoms with van der Waals surface area (Å²) in [7, 11) is 2.10. The smallest absolute Gasteiger partial charge is 0.251 e. The van der Waals surface area contributed by atoms with Gasteiger partial charge in [0, 0.05) is 11.6 Å². The molecule has 1 aliphatic heterocycles. The minimum Gasteiger partial charge on any atom is -0.508 e. The van der Waals surface area contributed by atoms with Crippen molar-refractivity contribution in [2.24, 2.45) is 0 Å². The number of hydrogen-bond donors (Lipinski definition) is 2. The summed E-state index contributed by atoms with van der Waals surface area (Å²) in [4.78, 5) is 14.4. The van der Waals surface area contributed by atoms with Crippen molar-refractivity contribution in [3.8, 4) is 5.75 Å². The van der Waals surface area contributed by atoms with E-state index in [-0.39, 0.29) is 17.7 Å². The normalized spacial score (nSPS) is 17.7. The molecule has 1 aromatic rings. The molecule has 0 saturated carbocycles. The fourth-order valence-electron chi connectivity index (χ4n) is 2.32. The molecule has 98 valence electrons. The van der Waals surface area contributed by atoms with E-state index in [1.165, 1.54) is 0 Å². The zero-order valence-electron chi connectivity index (χ0n) is 10.9. The number of carbonyl (C=O) groups is 1. The molecule has 1 saturated heterocycles. The van der Waals surface area contributed by atoms with Gasteiger partial charge in [-0.1, -0.05) is 0 Å². The topological polar surface area (TPSA) is 52.6 Å². The maximum atomic E-state index is 12.1. The molecule has 1 heterocycles. The van der Waals surface area contributed by atoms with Crippen molar-refractivity contribution in [2.75, 3.05) is 20.1 Å². The number of piperidine rings is 1. The van der Waals surface area contributed by atoms with Crippen LogP contribution in [0, 0.1) is 6.92 Å². The molecule has 1 fully saturated rings. The lowest BCUT2D eigenvalue weighted by Gasteiger charge is -2.29. The van der Waals surface area contributed by atoms with Crippen LogP contribution < -0.4 is 5.32 Å². The van der Waals surface area contributed by atoms with Crippen LogP contribution in [0.5, 0.6) is 5.75 Å². The van der Waals surface area contributed by atoms with E-state index in [4.69, 9.17) is 0 Å². The summed E-state index contributed by atoms with van der Waals surface area (Å²) in [6, 6.07) is 5.11. The molecule has 0 aliphatic carbocycles. The lowest BCUT2D eigenvalue weighted by Crippen LogP contribution is -2.43. The monoisotopic (exact) mass is 248 g/mol. The van der Waals surface area contributed by atoms with Crippen LogP contribution in [0.3, 0.4) is 0 Å². The number of rotatable bonds is 2. The molecule has 0 atom stereocenters. The molecule has 2 N–H and O–H groups in total. The molecule has 1 aromatic carbocycles. The zero-order chi connectivity index (χ0) is 13.1. The van der Waals surface area contributed by atoms with Gasteiger partial charge in [0.25, 0.3) is 5.91 Å². The molecule has 4 nitrogen and oxygen atoms in total. The van der Waals surface area contributed by atoms with E-state index in [1.54, 1.807) is 18.2 Å². The third-order valence-electron chi connectivity index (χ3n) is 3.51. The van der Waals surface area contributed by atoms with Crippen LogP contribution in [0.25, 0.3) is 0 Å². The van der Waals surface area contributed by atoms with E-state index in [1.807, 2.05) is 6.92 Å². The Labute approximate surface area is 108 Å². The maximum Gasteiger partial charge on any atom is 0.251 e. The lowest BCUT2D eigenvalue weighted by molar-refractivity contribution is 0.0916. The highest BCUT2D eigenvalue weighted by Gasteiger charge is 2.19. The molecular formula is C14H20N2O2. The molecule has 0 bridgehead atoms. The Morgan fingerprint density at radius 1 is 1.39 bits per heavy atom. The summed E-state index contributed by atoms with van der Waals surface area (Å²) in [5, 5.41) is 12.4. The van der Waals surface area contributed by atoms with E-state index in [0.717, 1.165) is 31.5 Å². The molecular weight excluding hydrogens is 228 g/mol. The van der Waals surface area contributed by atoms with E-state index < -0.39 is 0 Å². The van der Waals surface area contributed by atoms with Crippen LogP contribution in [0.4, 0.5) is 0 Å². The first-order chi connectivity index (χ1) is 8.56. The number of phenols is 1. The number of aryl methyl sites for hydroxylation is 1. The second-order valence-electron chi connectivity index (χ2n) is 5.05. The minimum atomic E-state index is -0.0398. The van der Waals surface area contributed by atoms with Crippen molar-refractivity contribution in [3.05, 3.63) is 29.3 Å². The van der Waals surface area contributed by atoms with Gasteiger partial charge >= 0.3 is 0 Å². The number of phenolic OH excluding ortho intramolecular Hbond substituents is 1.